The zero-order valence-electron chi connectivity index (χ0n) is 10.5. The highest BCUT2D eigenvalue weighted by molar-refractivity contribution is 7.91. The number of nitrogens with zero attached hydrogens (tertiary/aromatic N) is 1. The van der Waals surface area contributed by atoms with Gasteiger partial charge in [-0.1, -0.05) is 0 Å². The van der Waals surface area contributed by atoms with Crippen LogP contribution in [0.3, 0.4) is 0 Å². The van der Waals surface area contributed by atoms with E-state index in [9.17, 15) is 8.42 Å². The molecule has 0 aliphatic rings. The van der Waals surface area contributed by atoms with Crippen molar-refractivity contribution in [3.8, 4) is 0 Å². The molecule has 0 aliphatic heterocycles. The molecule has 8 heteroatoms. The van der Waals surface area contributed by atoms with E-state index in [-0.39, 0.29) is 17.4 Å². The molecule has 0 bridgehead atoms. The lowest BCUT2D eigenvalue weighted by Gasteiger charge is -2.01. The Labute approximate surface area is 115 Å². The number of sulfonamides is 1. The van der Waals surface area contributed by atoms with E-state index in [4.69, 9.17) is 9.52 Å². The third-order valence-corrected chi connectivity index (χ3v) is 5.45. The molecule has 0 unspecified atom stereocenters. The van der Waals surface area contributed by atoms with E-state index in [2.05, 4.69) is 9.71 Å². The van der Waals surface area contributed by atoms with Crippen molar-refractivity contribution in [2.75, 3.05) is 0 Å². The normalized spacial score (nSPS) is 11.9. The van der Waals surface area contributed by atoms with Gasteiger partial charge >= 0.3 is 0 Å². The first-order valence-electron chi connectivity index (χ1n) is 5.53. The lowest BCUT2D eigenvalue weighted by atomic mass is 10.4. The minimum atomic E-state index is -3.59. The highest BCUT2D eigenvalue weighted by Gasteiger charge is 2.17. The number of thiophene rings is 1. The Morgan fingerprint density at radius 1 is 1.47 bits per heavy atom. The van der Waals surface area contributed by atoms with Gasteiger partial charge in [0.2, 0.25) is 5.89 Å². The number of hydrogen-bond donors (Lipinski definition) is 2. The van der Waals surface area contributed by atoms with Crippen molar-refractivity contribution in [3.63, 3.8) is 0 Å². The Bertz CT molecular complexity index is 653. The molecule has 2 aromatic rings. The molecular weight excluding hydrogens is 288 g/mol. The number of oxazole rings is 1. The van der Waals surface area contributed by atoms with Crippen molar-refractivity contribution >= 4 is 21.4 Å². The monoisotopic (exact) mass is 302 g/mol. The zero-order chi connectivity index (χ0) is 14.0. The second-order valence-corrected chi connectivity index (χ2v) is 6.91. The standard InChI is InChI=1S/C11H14N2O4S2/c1-7-8(2)17-10(13-7)4-12-19(15,16)11-3-9(5-14)6-18-11/h3,6,12,14H,4-5H2,1-2H3. The number of aryl methyl sites for hydroxylation is 2. The van der Waals surface area contributed by atoms with Crippen LogP contribution in [0.1, 0.15) is 22.9 Å². The van der Waals surface area contributed by atoms with Crippen LogP contribution in [0.4, 0.5) is 0 Å². The van der Waals surface area contributed by atoms with Gasteiger partial charge in [0.05, 0.1) is 18.8 Å². The van der Waals surface area contributed by atoms with E-state index in [0.29, 0.717) is 17.2 Å². The molecule has 2 rings (SSSR count). The smallest absolute Gasteiger partial charge is 0.250 e. The van der Waals surface area contributed by atoms with Crippen LogP contribution in [0, 0.1) is 13.8 Å². The summed E-state index contributed by atoms with van der Waals surface area (Å²) >= 11 is 1.06. The Balaban J connectivity index is 2.09. The summed E-state index contributed by atoms with van der Waals surface area (Å²) in [6.07, 6.45) is 0. The minimum Gasteiger partial charge on any atom is -0.444 e. The fourth-order valence-electron chi connectivity index (χ4n) is 1.42. The van der Waals surface area contributed by atoms with Crippen LogP contribution in [0.5, 0.6) is 0 Å². The van der Waals surface area contributed by atoms with Crippen LogP contribution in [-0.2, 0) is 23.2 Å². The molecule has 0 radical (unpaired) electrons. The molecular formula is C11H14N2O4S2. The van der Waals surface area contributed by atoms with Gasteiger partial charge in [-0.25, -0.2) is 18.1 Å². The average molecular weight is 302 g/mol. The molecule has 2 N–H and O–H groups in total. The fraction of sp³-hybridized carbons (Fsp3) is 0.364. The Kier molecular flexibility index (Phi) is 4.04. The van der Waals surface area contributed by atoms with Gasteiger partial charge in [0.15, 0.2) is 0 Å². The van der Waals surface area contributed by atoms with Gasteiger partial charge in [-0.15, -0.1) is 11.3 Å². The zero-order valence-corrected chi connectivity index (χ0v) is 12.1. The summed E-state index contributed by atoms with van der Waals surface area (Å²) in [5, 5.41) is 10.5. The van der Waals surface area contributed by atoms with E-state index >= 15 is 0 Å². The Morgan fingerprint density at radius 3 is 2.74 bits per heavy atom. The molecule has 6 nitrogen and oxygen atoms in total. The van der Waals surface area contributed by atoms with Gasteiger partial charge in [-0.05, 0) is 30.9 Å². The van der Waals surface area contributed by atoms with Crippen molar-refractivity contribution < 1.29 is 17.9 Å². The topological polar surface area (TPSA) is 92.4 Å². The maximum Gasteiger partial charge on any atom is 0.250 e. The van der Waals surface area contributed by atoms with Gasteiger partial charge in [0.25, 0.3) is 10.0 Å². The SMILES string of the molecule is Cc1nc(CNS(=O)(=O)c2cc(CO)cs2)oc1C. The predicted molar refractivity (Wildman–Crippen MR) is 70.2 cm³/mol. The molecule has 104 valence electrons. The molecule has 2 aromatic heterocycles. The first-order chi connectivity index (χ1) is 8.92. The Hall–Kier alpha value is -1.22. The number of aliphatic hydroxyl groups is 1. The number of hydrogen-bond acceptors (Lipinski definition) is 6. The summed E-state index contributed by atoms with van der Waals surface area (Å²) in [6, 6.07) is 1.44. The van der Waals surface area contributed by atoms with Gasteiger partial charge in [-0.2, -0.15) is 0 Å². The van der Waals surface area contributed by atoms with Crippen LogP contribution in [0.25, 0.3) is 0 Å². The summed E-state index contributed by atoms with van der Waals surface area (Å²) in [6.45, 7) is 3.39. The van der Waals surface area contributed by atoms with Gasteiger partial charge in [0.1, 0.15) is 9.97 Å². The molecule has 19 heavy (non-hydrogen) atoms. The van der Waals surface area contributed by atoms with Crippen molar-refractivity contribution in [1.82, 2.24) is 9.71 Å². The number of aliphatic hydroxyl groups excluding tert-OH is 1. The summed E-state index contributed by atoms with van der Waals surface area (Å²) in [5.41, 5.74) is 1.32. The van der Waals surface area contributed by atoms with E-state index < -0.39 is 10.0 Å². The molecule has 0 aliphatic carbocycles. The maximum absolute atomic E-state index is 12.0. The molecule has 0 spiro atoms. The van der Waals surface area contributed by atoms with Gasteiger partial charge in [0, 0.05) is 0 Å². The average Bonchev–Trinajstić information content (AvgIpc) is 2.95. The molecule has 0 atom stereocenters. The second kappa shape index (κ2) is 5.41. The quantitative estimate of drug-likeness (QED) is 0.869. The van der Waals surface area contributed by atoms with E-state index in [1.165, 1.54) is 6.07 Å². The highest BCUT2D eigenvalue weighted by atomic mass is 32.2. The van der Waals surface area contributed by atoms with E-state index in [0.717, 1.165) is 17.0 Å². The molecule has 0 fully saturated rings. The van der Waals surface area contributed by atoms with Crippen LogP contribution < -0.4 is 4.72 Å². The third-order valence-electron chi connectivity index (χ3n) is 2.56. The van der Waals surface area contributed by atoms with Crippen molar-refractivity contribution in [2.45, 2.75) is 31.2 Å². The number of nitrogens with one attached hydrogen (secondary N) is 1. The predicted octanol–water partition coefficient (Wildman–Crippen LogP) is 1.32. The lowest BCUT2D eigenvalue weighted by Crippen LogP contribution is -2.22. The minimum absolute atomic E-state index is 0.00334. The fourth-order valence-corrected chi connectivity index (χ4v) is 3.64. The summed E-state index contributed by atoms with van der Waals surface area (Å²) in [5.74, 6) is 1.01. The first kappa shape index (κ1) is 14.2. The highest BCUT2D eigenvalue weighted by Crippen LogP contribution is 2.20. The van der Waals surface area contributed by atoms with Crippen LogP contribution >= 0.6 is 11.3 Å². The van der Waals surface area contributed by atoms with Crippen molar-refractivity contribution in [2.24, 2.45) is 0 Å². The largest absolute Gasteiger partial charge is 0.444 e. The van der Waals surface area contributed by atoms with Crippen LogP contribution in [-0.4, -0.2) is 18.5 Å². The van der Waals surface area contributed by atoms with Crippen LogP contribution in [0.15, 0.2) is 20.1 Å². The molecule has 0 saturated heterocycles. The number of rotatable bonds is 5. The first-order valence-corrected chi connectivity index (χ1v) is 7.89. The summed E-state index contributed by atoms with van der Waals surface area (Å²) in [7, 11) is -3.59. The molecule has 0 aromatic carbocycles. The molecule has 2 heterocycles. The molecule has 0 saturated carbocycles. The van der Waals surface area contributed by atoms with Crippen LogP contribution in [0.2, 0.25) is 0 Å². The second-order valence-electron chi connectivity index (χ2n) is 4.01. The van der Waals surface area contributed by atoms with E-state index in [1.807, 2.05) is 0 Å². The molecule has 0 amide bonds. The van der Waals surface area contributed by atoms with Gasteiger partial charge in [-0.3, -0.25) is 0 Å². The Morgan fingerprint density at radius 2 is 2.21 bits per heavy atom. The van der Waals surface area contributed by atoms with E-state index in [1.54, 1.807) is 19.2 Å². The van der Waals surface area contributed by atoms with Gasteiger partial charge < -0.3 is 9.52 Å². The van der Waals surface area contributed by atoms with Crippen molar-refractivity contribution in [3.05, 3.63) is 34.4 Å². The maximum atomic E-state index is 12.0. The summed E-state index contributed by atoms with van der Waals surface area (Å²) in [4.78, 5) is 4.10. The van der Waals surface area contributed by atoms with Crippen molar-refractivity contribution in [1.29, 1.82) is 0 Å². The number of aromatic nitrogens is 1. The third kappa shape index (κ3) is 3.21. The summed E-state index contributed by atoms with van der Waals surface area (Å²) < 4.78 is 31.8. The lowest BCUT2D eigenvalue weighted by molar-refractivity contribution is 0.282.